The molecule has 1 aliphatic heterocycles. The molecule has 1 aliphatic rings. The largest absolute Gasteiger partial charge is 0.492 e. The maximum atomic E-state index is 9.60. The molecule has 1 aromatic carbocycles. The highest BCUT2D eigenvalue weighted by molar-refractivity contribution is 5.26. The molecule has 0 radical (unpaired) electrons. The van der Waals surface area contributed by atoms with Gasteiger partial charge in [-0.25, -0.2) is 0 Å². The van der Waals surface area contributed by atoms with Gasteiger partial charge in [0, 0.05) is 38.8 Å². The third kappa shape index (κ3) is 5.27. The van der Waals surface area contributed by atoms with Crippen molar-refractivity contribution in [2.24, 2.45) is 0 Å². The van der Waals surface area contributed by atoms with Crippen LogP contribution in [-0.2, 0) is 0 Å². The maximum Gasteiger partial charge on any atom is 0.119 e. The molecule has 1 saturated heterocycles. The van der Waals surface area contributed by atoms with Crippen LogP contribution in [-0.4, -0.2) is 66.4 Å². The lowest BCUT2D eigenvalue weighted by Crippen LogP contribution is -2.55. The summed E-state index contributed by atoms with van der Waals surface area (Å²) in [5.74, 6) is 0.949. The van der Waals surface area contributed by atoms with E-state index in [1.165, 1.54) is 5.56 Å². The summed E-state index contributed by atoms with van der Waals surface area (Å²) in [6.45, 7) is 11.8. The number of rotatable bonds is 7. The van der Waals surface area contributed by atoms with Gasteiger partial charge in [-0.1, -0.05) is 24.6 Å². The van der Waals surface area contributed by atoms with Crippen LogP contribution >= 0.6 is 0 Å². The van der Waals surface area contributed by atoms with E-state index in [0.717, 1.165) is 51.5 Å². The monoisotopic (exact) mass is 306 g/mol. The van der Waals surface area contributed by atoms with Crippen molar-refractivity contribution in [1.82, 2.24) is 9.80 Å². The lowest BCUT2D eigenvalue weighted by atomic mass is 10.1. The first-order valence-corrected chi connectivity index (χ1v) is 8.42. The number of aliphatic hydroxyl groups excluding tert-OH is 1. The van der Waals surface area contributed by atoms with E-state index < -0.39 is 0 Å². The molecule has 2 rings (SSSR count). The Bertz CT molecular complexity index is 433. The number of aliphatic hydroxyl groups is 1. The van der Waals surface area contributed by atoms with Crippen LogP contribution in [0.25, 0.3) is 0 Å². The second-order valence-electron chi connectivity index (χ2n) is 6.37. The predicted octanol–water partition coefficient (Wildman–Crippen LogP) is 2.15. The van der Waals surface area contributed by atoms with Crippen LogP contribution in [0.15, 0.2) is 24.3 Å². The fourth-order valence-electron chi connectivity index (χ4n) is 3.05. The van der Waals surface area contributed by atoms with Crippen LogP contribution in [0, 0.1) is 6.92 Å². The molecule has 0 aliphatic carbocycles. The Morgan fingerprint density at radius 3 is 2.64 bits per heavy atom. The molecule has 1 N–H and O–H groups in total. The van der Waals surface area contributed by atoms with Crippen molar-refractivity contribution in [2.45, 2.75) is 39.3 Å². The summed E-state index contributed by atoms with van der Waals surface area (Å²) in [6, 6.07) is 8.77. The average molecular weight is 306 g/mol. The number of benzene rings is 1. The van der Waals surface area contributed by atoms with E-state index >= 15 is 0 Å². The third-order valence-electron chi connectivity index (χ3n) is 4.36. The summed E-state index contributed by atoms with van der Waals surface area (Å²) >= 11 is 0. The van der Waals surface area contributed by atoms with Gasteiger partial charge in [0.2, 0.25) is 0 Å². The van der Waals surface area contributed by atoms with Crippen LogP contribution in [0.1, 0.15) is 25.8 Å². The standard InChI is InChI=1S/C18H30N2O2/c1-4-17-14-19(9-10-20(17)13-16(3)21)11-12-22-18-7-5-15(2)6-8-18/h5-8,16-17,21H,4,9-14H2,1-3H3/t16-,17+/m0/s1. The second kappa shape index (κ2) is 8.51. The molecule has 0 bridgehead atoms. The van der Waals surface area contributed by atoms with Crippen molar-refractivity contribution in [3.63, 3.8) is 0 Å². The van der Waals surface area contributed by atoms with E-state index in [1.807, 2.05) is 19.1 Å². The molecule has 4 heteroatoms. The molecule has 0 unspecified atom stereocenters. The molecule has 0 amide bonds. The lowest BCUT2D eigenvalue weighted by molar-refractivity contribution is 0.0322. The fourth-order valence-corrected chi connectivity index (χ4v) is 3.05. The van der Waals surface area contributed by atoms with E-state index in [1.54, 1.807) is 0 Å². The highest BCUT2D eigenvalue weighted by Crippen LogP contribution is 2.14. The number of nitrogens with zero attached hydrogens (tertiary/aromatic N) is 2. The van der Waals surface area contributed by atoms with Crippen molar-refractivity contribution in [1.29, 1.82) is 0 Å². The number of β-amino-alcohol motifs (C(OH)–C–C–N with tert-alkyl or cyclic N) is 1. The van der Waals surface area contributed by atoms with Gasteiger partial charge in [0.1, 0.15) is 12.4 Å². The van der Waals surface area contributed by atoms with Gasteiger partial charge in [-0.15, -0.1) is 0 Å². The van der Waals surface area contributed by atoms with Gasteiger partial charge in [0.15, 0.2) is 0 Å². The van der Waals surface area contributed by atoms with Gasteiger partial charge in [-0.3, -0.25) is 9.80 Å². The van der Waals surface area contributed by atoms with Crippen LogP contribution in [0.2, 0.25) is 0 Å². The normalized spacial score (nSPS) is 21.7. The fraction of sp³-hybridized carbons (Fsp3) is 0.667. The Labute approximate surface area is 134 Å². The summed E-state index contributed by atoms with van der Waals surface area (Å²) in [4.78, 5) is 4.89. The van der Waals surface area contributed by atoms with Gasteiger partial charge >= 0.3 is 0 Å². The van der Waals surface area contributed by atoms with Gasteiger partial charge in [0.05, 0.1) is 6.10 Å². The van der Waals surface area contributed by atoms with E-state index in [2.05, 4.69) is 35.8 Å². The van der Waals surface area contributed by atoms with Crippen molar-refractivity contribution < 1.29 is 9.84 Å². The Morgan fingerprint density at radius 2 is 2.00 bits per heavy atom. The first-order valence-electron chi connectivity index (χ1n) is 8.42. The van der Waals surface area contributed by atoms with Gasteiger partial charge in [-0.05, 0) is 32.4 Å². The zero-order valence-electron chi connectivity index (χ0n) is 14.2. The molecule has 1 heterocycles. The smallest absolute Gasteiger partial charge is 0.119 e. The Balaban J connectivity index is 1.74. The summed E-state index contributed by atoms with van der Waals surface area (Å²) in [7, 11) is 0. The van der Waals surface area contributed by atoms with Crippen LogP contribution in [0.5, 0.6) is 5.75 Å². The van der Waals surface area contributed by atoms with Gasteiger partial charge < -0.3 is 9.84 Å². The van der Waals surface area contributed by atoms with Crippen molar-refractivity contribution in [3.8, 4) is 5.75 Å². The number of aryl methyl sites for hydroxylation is 1. The number of hydrogen-bond donors (Lipinski definition) is 1. The van der Waals surface area contributed by atoms with Crippen LogP contribution < -0.4 is 4.74 Å². The van der Waals surface area contributed by atoms with E-state index in [-0.39, 0.29) is 6.10 Å². The Kier molecular flexibility index (Phi) is 6.68. The molecule has 0 saturated carbocycles. The number of hydrogen-bond acceptors (Lipinski definition) is 4. The molecular formula is C18H30N2O2. The van der Waals surface area contributed by atoms with Gasteiger partial charge in [0.25, 0.3) is 0 Å². The molecule has 4 nitrogen and oxygen atoms in total. The Hall–Kier alpha value is -1.10. The molecule has 2 atom stereocenters. The van der Waals surface area contributed by atoms with Gasteiger partial charge in [-0.2, -0.15) is 0 Å². The van der Waals surface area contributed by atoms with E-state index in [0.29, 0.717) is 6.04 Å². The molecule has 22 heavy (non-hydrogen) atoms. The highest BCUT2D eigenvalue weighted by atomic mass is 16.5. The highest BCUT2D eigenvalue weighted by Gasteiger charge is 2.26. The zero-order chi connectivity index (χ0) is 15.9. The third-order valence-corrected chi connectivity index (χ3v) is 4.36. The Morgan fingerprint density at radius 1 is 1.27 bits per heavy atom. The van der Waals surface area contributed by atoms with Crippen LogP contribution in [0.3, 0.4) is 0 Å². The molecule has 124 valence electrons. The van der Waals surface area contributed by atoms with Crippen molar-refractivity contribution >= 4 is 0 Å². The first kappa shape index (κ1) is 17.3. The average Bonchev–Trinajstić information content (AvgIpc) is 2.50. The number of piperazine rings is 1. The summed E-state index contributed by atoms with van der Waals surface area (Å²) in [6.07, 6.45) is 0.882. The molecule has 1 fully saturated rings. The van der Waals surface area contributed by atoms with Crippen molar-refractivity contribution in [2.75, 3.05) is 39.3 Å². The molecule has 0 spiro atoms. The summed E-state index contributed by atoms with van der Waals surface area (Å²) < 4.78 is 5.83. The maximum absolute atomic E-state index is 9.60. The minimum atomic E-state index is -0.245. The first-order chi connectivity index (χ1) is 10.6. The predicted molar refractivity (Wildman–Crippen MR) is 90.4 cm³/mol. The van der Waals surface area contributed by atoms with E-state index in [9.17, 15) is 5.11 Å². The minimum Gasteiger partial charge on any atom is -0.492 e. The lowest BCUT2D eigenvalue weighted by Gasteiger charge is -2.41. The molecule has 1 aromatic rings. The number of ether oxygens (including phenoxy) is 1. The SMILES string of the molecule is CC[C@@H]1CN(CCOc2ccc(C)cc2)CCN1C[C@H](C)O. The molecule has 0 aromatic heterocycles. The van der Waals surface area contributed by atoms with E-state index in [4.69, 9.17) is 4.74 Å². The second-order valence-corrected chi connectivity index (χ2v) is 6.37. The summed E-state index contributed by atoms with van der Waals surface area (Å²) in [5.41, 5.74) is 1.26. The topological polar surface area (TPSA) is 35.9 Å². The summed E-state index contributed by atoms with van der Waals surface area (Å²) in [5, 5.41) is 9.60. The quantitative estimate of drug-likeness (QED) is 0.837. The zero-order valence-corrected chi connectivity index (χ0v) is 14.2. The van der Waals surface area contributed by atoms with Crippen molar-refractivity contribution in [3.05, 3.63) is 29.8 Å². The minimum absolute atomic E-state index is 0.245. The van der Waals surface area contributed by atoms with Crippen LogP contribution in [0.4, 0.5) is 0 Å². The molecular weight excluding hydrogens is 276 g/mol.